The summed E-state index contributed by atoms with van der Waals surface area (Å²) >= 11 is 0. The smallest absolute Gasteiger partial charge is 0.227 e. The third-order valence-electron chi connectivity index (χ3n) is 7.69. The fourth-order valence-electron chi connectivity index (χ4n) is 5.57. The Bertz CT molecular complexity index is 1300. The van der Waals surface area contributed by atoms with Gasteiger partial charge in [-0.3, -0.25) is 0 Å². The van der Waals surface area contributed by atoms with Crippen molar-refractivity contribution >= 4 is 23.0 Å². The molecular weight excluding hydrogens is 489 g/mol. The molecule has 0 radical (unpaired) electrons. The number of hydrogen-bond acceptors (Lipinski definition) is 6. The minimum atomic E-state index is -0.649. The predicted molar refractivity (Wildman–Crippen MR) is 147 cm³/mol. The molecule has 0 amide bonds. The van der Waals surface area contributed by atoms with Crippen LogP contribution >= 0.6 is 0 Å². The van der Waals surface area contributed by atoms with Gasteiger partial charge in [-0.25, -0.2) is 23.1 Å². The van der Waals surface area contributed by atoms with Gasteiger partial charge in [0.2, 0.25) is 5.95 Å². The van der Waals surface area contributed by atoms with Crippen LogP contribution in [0.1, 0.15) is 38.7 Å². The Morgan fingerprint density at radius 3 is 2.39 bits per heavy atom. The molecule has 0 saturated carbocycles. The van der Waals surface area contributed by atoms with Crippen molar-refractivity contribution in [1.29, 1.82) is 0 Å². The highest BCUT2D eigenvalue weighted by molar-refractivity contribution is 5.71. The van der Waals surface area contributed by atoms with Crippen LogP contribution in [0, 0.1) is 17.5 Å². The van der Waals surface area contributed by atoms with Crippen molar-refractivity contribution in [3.05, 3.63) is 59.5 Å². The molecule has 0 bridgehead atoms. The molecular formula is C29H35F3N6. The number of nitrogens with zero attached hydrogens (tertiary/aromatic N) is 5. The van der Waals surface area contributed by atoms with Gasteiger partial charge in [0.1, 0.15) is 17.3 Å². The van der Waals surface area contributed by atoms with Crippen molar-refractivity contribution in [1.82, 2.24) is 14.9 Å². The average molecular weight is 525 g/mol. The molecule has 9 heteroatoms. The number of nitrogens with one attached hydrogen (secondary N) is 1. The van der Waals surface area contributed by atoms with Crippen LogP contribution < -0.4 is 15.1 Å². The topological polar surface area (TPSA) is 47.5 Å². The standard InChI is InChI=1S/C29H35F3N6/c1-18(2)38-11-5-6-22-23(30)14-19(15-27(22)38)28-25(32)17-33-29(35-28)34-20-7-8-26(24(31)16-20)37-12-9-21(10-13-37)36(3)4/h7-8,14-18,21H,5-6,9-13H2,1-4H3,(H,33,34,35). The summed E-state index contributed by atoms with van der Waals surface area (Å²) in [7, 11) is 4.15. The molecule has 2 aromatic carbocycles. The maximum absolute atomic E-state index is 15.1. The number of aromatic nitrogens is 2. The zero-order valence-electron chi connectivity index (χ0n) is 22.4. The summed E-state index contributed by atoms with van der Waals surface area (Å²) in [6, 6.07) is 8.76. The molecule has 5 rings (SSSR count). The zero-order chi connectivity index (χ0) is 27.0. The van der Waals surface area contributed by atoms with Crippen LogP contribution in [0.25, 0.3) is 11.3 Å². The van der Waals surface area contributed by atoms with Crippen molar-refractivity contribution in [2.24, 2.45) is 0 Å². The van der Waals surface area contributed by atoms with Gasteiger partial charge >= 0.3 is 0 Å². The number of anilines is 4. The number of hydrogen-bond donors (Lipinski definition) is 1. The summed E-state index contributed by atoms with van der Waals surface area (Å²) in [6.45, 7) is 6.53. The Kier molecular flexibility index (Phi) is 7.47. The summed E-state index contributed by atoms with van der Waals surface area (Å²) in [6.07, 6.45) is 4.55. The van der Waals surface area contributed by atoms with E-state index in [4.69, 9.17) is 0 Å². The highest BCUT2D eigenvalue weighted by atomic mass is 19.1. The molecule has 2 aliphatic rings. The fourth-order valence-corrected chi connectivity index (χ4v) is 5.57. The van der Waals surface area contributed by atoms with Crippen LogP contribution in [0.15, 0.2) is 36.5 Å². The van der Waals surface area contributed by atoms with E-state index in [0.29, 0.717) is 35.0 Å². The zero-order valence-corrected chi connectivity index (χ0v) is 22.4. The van der Waals surface area contributed by atoms with E-state index in [1.807, 2.05) is 0 Å². The van der Waals surface area contributed by atoms with E-state index in [0.717, 1.165) is 50.8 Å². The second kappa shape index (κ2) is 10.8. The highest BCUT2D eigenvalue weighted by Crippen LogP contribution is 2.36. The Balaban J connectivity index is 1.38. The molecule has 0 aliphatic carbocycles. The first-order chi connectivity index (χ1) is 18.2. The van der Waals surface area contributed by atoms with Crippen molar-refractivity contribution in [2.45, 2.75) is 51.6 Å². The third kappa shape index (κ3) is 5.29. The second-order valence-corrected chi connectivity index (χ2v) is 10.7. The Labute approximate surface area is 222 Å². The quantitative estimate of drug-likeness (QED) is 0.427. The van der Waals surface area contributed by atoms with E-state index >= 15 is 8.78 Å². The van der Waals surface area contributed by atoms with Gasteiger partial charge in [0.05, 0.1) is 11.9 Å². The van der Waals surface area contributed by atoms with Gasteiger partial charge in [-0.05, 0) is 84.0 Å². The monoisotopic (exact) mass is 524 g/mol. The van der Waals surface area contributed by atoms with Crippen molar-refractivity contribution in [3.8, 4) is 11.3 Å². The summed E-state index contributed by atoms with van der Waals surface area (Å²) in [5.74, 6) is -1.24. The van der Waals surface area contributed by atoms with Gasteiger partial charge in [0, 0.05) is 54.2 Å². The van der Waals surface area contributed by atoms with Crippen LogP contribution in [0.5, 0.6) is 0 Å². The molecule has 0 unspecified atom stereocenters. The Hall–Kier alpha value is -3.33. The molecule has 2 aliphatic heterocycles. The Morgan fingerprint density at radius 1 is 0.947 bits per heavy atom. The van der Waals surface area contributed by atoms with Crippen LogP contribution in [0.2, 0.25) is 0 Å². The minimum Gasteiger partial charge on any atom is -0.369 e. The van der Waals surface area contributed by atoms with Crippen molar-refractivity contribution < 1.29 is 13.2 Å². The lowest BCUT2D eigenvalue weighted by Crippen LogP contribution is -2.42. The number of rotatable bonds is 6. The summed E-state index contributed by atoms with van der Waals surface area (Å²) < 4.78 is 45.0. The van der Waals surface area contributed by atoms with Crippen LogP contribution in [-0.2, 0) is 6.42 Å². The first-order valence-electron chi connectivity index (χ1n) is 13.3. The lowest BCUT2D eigenvalue weighted by molar-refractivity contribution is 0.249. The summed E-state index contributed by atoms with van der Waals surface area (Å²) in [5, 5.41) is 2.98. The molecule has 38 heavy (non-hydrogen) atoms. The first-order valence-corrected chi connectivity index (χ1v) is 13.3. The van der Waals surface area contributed by atoms with Gasteiger partial charge in [-0.1, -0.05) is 0 Å². The average Bonchev–Trinajstić information content (AvgIpc) is 2.89. The van der Waals surface area contributed by atoms with Gasteiger partial charge in [-0.2, -0.15) is 0 Å². The SMILES string of the molecule is CC(C)N1CCCc2c(F)cc(-c3nc(Nc4ccc(N5CCC(N(C)C)CC5)c(F)c4)ncc3F)cc21. The number of piperidine rings is 1. The molecule has 3 aromatic rings. The fraction of sp³-hybridized carbons (Fsp3) is 0.448. The minimum absolute atomic E-state index is 0.000616. The third-order valence-corrected chi connectivity index (χ3v) is 7.69. The molecule has 1 N–H and O–H groups in total. The maximum atomic E-state index is 15.1. The lowest BCUT2D eigenvalue weighted by atomic mass is 9.96. The molecule has 1 fully saturated rings. The van der Waals surface area contributed by atoms with Gasteiger partial charge in [-0.15, -0.1) is 0 Å². The largest absolute Gasteiger partial charge is 0.369 e. The van der Waals surface area contributed by atoms with E-state index in [2.05, 4.69) is 57.9 Å². The number of benzene rings is 2. The highest BCUT2D eigenvalue weighted by Gasteiger charge is 2.25. The molecule has 0 atom stereocenters. The van der Waals surface area contributed by atoms with Gasteiger partial charge in [0.15, 0.2) is 5.82 Å². The first kappa shape index (κ1) is 26.3. The lowest BCUT2D eigenvalue weighted by Gasteiger charge is -2.36. The van der Waals surface area contributed by atoms with Crippen molar-refractivity contribution in [2.75, 3.05) is 48.8 Å². The van der Waals surface area contributed by atoms with E-state index < -0.39 is 5.82 Å². The van der Waals surface area contributed by atoms with Crippen molar-refractivity contribution in [3.63, 3.8) is 0 Å². The number of halogens is 3. The predicted octanol–water partition coefficient (Wildman–Crippen LogP) is 6.00. The Morgan fingerprint density at radius 2 is 1.71 bits per heavy atom. The molecule has 1 saturated heterocycles. The summed E-state index contributed by atoms with van der Waals surface area (Å²) in [4.78, 5) is 14.8. The van der Waals surface area contributed by atoms with E-state index in [1.54, 1.807) is 18.2 Å². The van der Waals surface area contributed by atoms with E-state index in [1.165, 1.54) is 12.1 Å². The normalized spacial score (nSPS) is 16.3. The van der Waals surface area contributed by atoms with Crippen LogP contribution in [0.3, 0.4) is 0 Å². The van der Waals surface area contributed by atoms with Gasteiger partial charge in [0.25, 0.3) is 0 Å². The molecule has 3 heterocycles. The molecule has 6 nitrogen and oxygen atoms in total. The van der Waals surface area contributed by atoms with Crippen LogP contribution in [-0.4, -0.2) is 60.7 Å². The maximum Gasteiger partial charge on any atom is 0.227 e. The van der Waals surface area contributed by atoms with Crippen LogP contribution in [0.4, 0.5) is 36.2 Å². The van der Waals surface area contributed by atoms with E-state index in [-0.39, 0.29) is 29.3 Å². The second-order valence-electron chi connectivity index (χ2n) is 10.7. The molecule has 202 valence electrons. The summed E-state index contributed by atoms with van der Waals surface area (Å²) in [5.41, 5.74) is 2.80. The number of fused-ring (bicyclic) bond motifs is 1. The van der Waals surface area contributed by atoms with E-state index in [9.17, 15) is 4.39 Å². The molecule has 0 spiro atoms. The van der Waals surface area contributed by atoms with Gasteiger partial charge < -0.3 is 20.0 Å². The molecule has 1 aromatic heterocycles.